The fraction of sp³-hybridized carbons (Fsp3) is 0.500. The summed E-state index contributed by atoms with van der Waals surface area (Å²) in [5, 5.41) is 3.60. The van der Waals surface area contributed by atoms with E-state index in [0.29, 0.717) is 6.04 Å². The number of hydrogen-bond acceptors (Lipinski definition) is 1. The van der Waals surface area contributed by atoms with Gasteiger partial charge in [0, 0.05) is 11.7 Å². The average molecular weight is 212 g/mol. The van der Waals surface area contributed by atoms with E-state index in [-0.39, 0.29) is 12.4 Å². The number of para-hydroxylation sites is 1. The number of halogens is 1. The van der Waals surface area contributed by atoms with Gasteiger partial charge in [0.05, 0.1) is 0 Å². The molecule has 0 bridgehead atoms. The summed E-state index contributed by atoms with van der Waals surface area (Å²) in [5.74, 6) is 0.730. The van der Waals surface area contributed by atoms with E-state index in [4.69, 9.17) is 0 Å². The molecule has 1 aromatic carbocycles. The molecular formula is C12H18ClN. The van der Waals surface area contributed by atoms with Gasteiger partial charge < -0.3 is 5.32 Å². The van der Waals surface area contributed by atoms with Gasteiger partial charge in [-0.1, -0.05) is 32.0 Å². The van der Waals surface area contributed by atoms with Crippen LogP contribution in [0, 0.1) is 5.92 Å². The number of anilines is 1. The topological polar surface area (TPSA) is 12.0 Å². The van der Waals surface area contributed by atoms with Crippen LogP contribution < -0.4 is 5.32 Å². The lowest BCUT2D eigenvalue weighted by molar-refractivity contribution is 0.483. The molecule has 1 aliphatic rings. The Morgan fingerprint density at radius 1 is 1.29 bits per heavy atom. The molecule has 1 atom stereocenters. The summed E-state index contributed by atoms with van der Waals surface area (Å²) >= 11 is 0. The van der Waals surface area contributed by atoms with Crippen molar-refractivity contribution in [2.45, 2.75) is 32.7 Å². The number of rotatable bonds is 1. The van der Waals surface area contributed by atoms with E-state index in [1.165, 1.54) is 24.1 Å². The second-order valence-corrected chi connectivity index (χ2v) is 4.19. The average Bonchev–Trinajstić information content (AvgIpc) is 2.17. The summed E-state index contributed by atoms with van der Waals surface area (Å²) < 4.78 is 0. The lowest BCUT2D eigenvalue weighted by Crippen LogP contribution is -2.30. The van der Waals surface area contributed by atoms with E-state index in [2.05, 4.69) is 43.4 Å². The van der Waals surface area contributed by atoms with Crippen molar-refractivity contribution in [3.8, 4) is 0 Å². The van der Waals surface area contributed by atoms with Gasteiger partial charge in [0.25, 0.3) is 0 Å². The van der Waals surface area contributed by atoms with Crippen LogP contribution in [0.2, 0.25) is 0 Å². The molecule has 78 valence electrons. The minimum Gasteiger partial charge on any atom is -0.382 e. The zero-order valence-corrected chi connectivity index (χ0v) is 9.60. The Morgan fingerprint density at radius 2 is 2.00 bits per heavy atom. The molecule has 1 nitrogen and oxygen atoms in total. The van der Waals surface area contributed by atoms with Gasteiger partial charge in [-0.25, -0.2) is 0 Å². The molecule has 0 amide bonds. The molecule has 2 heteroatoms. The van der Waals surface area contributed by atoms with Crippen LogP contribution in [0.3, 0.4) is 0 Å². The second kappa shape index (κ2) is 4.70. The predicted molar refractivity (Wildman–Crippen MR) is 64.3 cm³/mol. The van der Waals surface area contributed by atoms with Crippen LogP contribution in [0.5, 0.6) is 0 Å². The quantitative estimate of drug-likeness (QED) is 0.750. The van der Waals surface area contributed by atoms with Crippen LogP contribution in [0.1, 0.15) is 25.8 Å². The Labute approximate surface area is 92.3 Å². The first-order valence-corrected chi connectivity index (χ1v) is 5.12. The SMILES string of the molecule is CC(C)C1CCc2ccccc2N1.Cl. The summed E-state index contributed by atoms with van der Waals surface area (Å²) in [7, 11) is 0. The fourth-order valence-electron chi connectivity index (χ4n) is 1.96. The van der Waals surface area contributed by atoms with Gasteiger partial charge in [0.2, 0.25) is 0 Å². The van der Waals surface area contributed by atoms with Crippen molar-refractivity contribution >= 4 is 18.1 Å². The smallest absolute Gasteiger partial charge is 0.0374 e. The van der Waals surface area contributed by atoms with Crippen LogP contribution >= 0.6 is 12.4 Å². The van der Waals surface area contributed by atoms with Crippen molar-refractivity contribution in [2.24, 2.45) is 5.92 Å². The van der Waals surface area contributed by atoms with Crippen molar-refractivity contribution in [1.82, 2.24) is 0 Å². The summed E-state index contributed by atoms with van der Waals surface area (Å²) in [6, 6.07) is 9.29. The summed E-state index contributed by atoms with van der Waals surface area (Å²) in [5.41, 5.74) is 2.81. The zero-order chi connectivity index (χ0) is 9.26. The van der Waals surface area contributed by atoms with Gasteiger partial charge in [0.1, 0.15) is 0 Å². The molecule has 0 saturated carbocycles. The Balaban J connectivity index is 0.000000980. The number of benzene rings is 1. The summed E-state index contributed by atoms with van der Waals surface area (Å²) in [6.07, 6.45) is 2.50. The standard InChI is InChI=1S/C12H17N.ClH/c1-9(2)11-8-7-10-5-3-4-6-12(10)13-11;/h3-6,9,11,13H,7-8H2,1-2H3;1H. The molecule has 2 rings (SSSR count). The molecule has 14 heavy (non-hydrogen) atoms. The molecule has 0 radical (unpaired) electrons. The minimum atomic E-state index is 0. The van der Waals surface area contributed by atoms with E-state index < -0.39 is 0 Å². The molecule has 0 aliphatic carbocycles. The fourth-order valence-corrected chi connectivity index (χ4v) is 1.96. The molecule has 0 spiro atoms. The highest BCUT2D eigenvalue weighted by molar-refractivity contribution is 5.85. The van der Waals surface area contributed by atoms with E-state index in [1.54, 1.807) is 0 Å². The maximum atomic E-state index is 3.60. The van der Waals surface area contributed by atoms with Crippen molar-refractivity contribution in [1.29, 1.82) is 0 Å². The minimum absolute atomic E-state index is 0. The maximum absolute atomic E-state index is 3.60. The number of aryl methyl sites for hydroxylation is 1. The third kappa shape index (κ3) is 2.21. The first kappa shape index (κ1) is 11.4. The van der Waals surface area contributed by atoms with Gasteiger partial charge >= 0.3 is 0 Å². The van der Waals surface area contributed by atoms with Crippen LogP contribution in [0.25, 0.3) is 0 Å². The van der Waals surface area contributed by atoms with Gasteiger partial charge in [-0.05, 0) is 30.4 Å². The van der Waals surface area contributed by atoms with Crippen LogP contribution in [-0.2, 0) is 6.42 Å². The van der Waals surface area contributed by atoms with Crippen molar-refractivity contribution in [3.05, 3.63) is 29.8 Å². The van der Waals surface area contributed by atoms with Gasteiger partial charge in [-0.2, -0.15) is 0 Å². The van der Waals surface area contributed by atoms with Crippen molar-refractivity contribution in [2.75, 3.05) is 5.32 Å². The number of fused-ring (bicyclic) bond motifs is 1. The Bertz CT molecular complexity index is 296. The Hall–Kier alpha value is -0.690. The van der Waals surface area contributed by atoms with Gasteiger partial charge in [-0.3, -0.25) is 0 Å². The normalized spacial score (nSPS) is 19.5. The summed E-state index contributed by atoms with van der Waals surface area (Å²) in [6.45, 7) is 4.57. The van der Waals surface area contributed by atoms with Gasteiger partial charge in [-0.15, -0.1) is 12.4 Å². The highest BCUT2D eigenvalue weighted by Crippen LogP contribution is 2.26. The van der Waals surface area contributed by atoms with Crippen LogP contribution in [0.15, 0.2) is 24.3 Å². The monoisotopic (exact) mass is 211 g/mol. The number of hydrogen-bond donors (Lipinski definition) is 1. The molecule has 0 fully saturated rings. The molecular weight excluding hydrogens is 194 g/mol. The largest absolute Gasteiger partial charge is 0.382 e. The van der Waals surface area contributed by atoms with Crippen LogP contribution in [0.4, 0.5) is 5.69 Å². The molecule has 1 heterocycles. The van der Waals surface area contributed by atoms with Crippen LogP contribution in [-0.4, -0.2) is 6.04 Å². The van der Waals surface area contributed by atoms with E-state index >= 15 is 0 Å². The summed E-state index contributed by atoms with van der Waals surface area (Å²) in [4.78, 5) is 0. The first-order chi connectivity index (χ1) is 6.27. The highest BCUT2D eigenvalue weighted by atomic mass is 35.5. The first-order valence-electron chi connectivity index (χ1n) is 5.12. The third-order valence-corrected chi connectivity index (χ3v) is 2.89. The molecule has 1 N–H and O–H groups in total. The van der Waals surface area contributed by atoms with Crippen molar-refractivity contribution in [3.63, 3.8) is 0 Å². The van der Waals surface area contributed by atoms with E-state index in [1.807, 2.05) is 0 Å². The van der Waals surface area contributed by atoms with Crippen molar-refractivity contribution < 1.29 is 0 Å². The van der Waals surface area contributed by atoms with E-state index in [0.717, 1.165) is 5.92 Å². The second-order valence-electron chi connectivity index (χ2n) is 4.19. The predicted octanol–water partition coefficient (Wildman–Crippen LogP) is 3.49. The maximum Gasteiger partial charge on any atom is 0.0374 e. The van der Waals surface area contributed by atoms with Gasteiger partial charge in [0.15, 0.2) is 0 Å². The molecule has 1 unspecified atom stereocenters. The number of nitrogens with one attached hydrogen (secondary N) is 1. The highest BCUT2D eigenvalue weighted by Gasteiger charge is 2.19. The molecule has 0 aromatic heterocycles. The third-order valence-electron chi connectivity index (χ3n) is 2.89. The molecule has 1 aliphatic heterocycles. The molecule has 1 aromatic rings. The Kier molecular flexibility index (Phi) is 3.82. The lowest BCUT2D eigenvalue weighted by Gasteiger charge is -2.29. The molecule has 0 saturated heterocycles. The lowest BCUT2D eigenvalue weighted by atomic mass is 9.92. The Morgan fingerprint density at radius 3 is 2.71 bits per heavy atom. The van der Waals surface area contributed by atoms with E-state index in [9.17, 15) is 0 Å². The zero-order valence-electron chi connectivity index (χ0n) is 8.79.